The molecule has 170 valence electrons. The standard InChI is InChI=1S/C22H31N3O5S/c1-16-5-7-17(8-6-16)23-21(26)14-25-19-13-18(9-10-20(19)30-15-22(25)27)31(28,29)24-11-3-2-4-12-24/h9-10,13,16-17H,2-8,11-12,14-15H2,1H3,(H,23,26). The number of rotatable bonds is 5. The van der Waals surface area contributed by atoms with Gasteiger partial charge >= 0.3 is 0 Å². The first-order valence-corrected chi connectivity index (χ1v) is 12.7. The van der Waals surface area contributed by atoms with Gasteiger partial charge in [-0.1, -0.05) is 13.3 Å². The van der Waals surface area contributed by atoms with Gasteiger partial charge in [-0.05, 0) is 62.6 Å². The Morgan fingerprint density at radius 1 is 1.13 bits per heavy atom. The van der Waals surface area contributed by atoms with Gasteiger partial charge in [0.15, 0.2) is 6.61 Å². The molecule has 0 aromatic heterocycles. The molecule has 0 unspecified atom stereocenters. The molecule has 3 aliphatic rings. The van der Waals surface area contributed by atoms with Crippen molar-refractivity contribution >= 4 is 27.5 Å². The van der Waals surface area contributed by atoms with Gasteiger partial charge in [-0.15, -0.1) is 0 Å². The molecule has 4 rings (SSSR count). The van der Waals surface area contributed by atoms with Crippen molar-refractivity contribution in [3.05, 3.63) is 18.2 Å². The number of nitrogens with zero attached hydrogens (tertiary/aromatic N) is 2. The highest BCUT2D eigenvalue weighted by Gasteiger charge is 2.32. The van der Waals surface area contributed by atoms with Crippen LogP contribution in [-0.4, -0.2) is 56.8 Å². The Morgan fingerprint density at radius 2 is 1.84 bits per heavy atom. The molecular formula is C22H31N3O5S. The predicted octanol–water partition coefficient (Wildman–Crippen LogP) is 2.28. The molecule has 0 radical (unpaired) electrons. The summed E-state index contributed by atoms with van der Waals surface area (Å²) in [5, 5.41) is 3.03. The number of piperidine rings is 1. The minimum absolute atomic E-state index is 0.123. The number of anilines is 1. The fourth-order valence-corrected chi connectivity index (χ4v) is 6.13. The maximum absolute atomic E-state index is 13.1. The number of carbonyl (C=O) groups is 2. The molecule has 1 aromatic rings. The van der Waals surface area contributed by atoms with Crippen LogP contribution in [0, 0.1) is 5.92 Å². The molecule has 1 aromatic carbocycles. The minimum Gasteiger partial charge on any atom is -0.482 e. The van der Waals surface area contributed by atoms with Crippen LogP contribution in [-0.2, 0) is 19.6 Å². The number of sulfonamides is 1. The van der Waals surface area contributed by atoms with E-state index in [1.165, 1.54) is 21.3 Å². The Kier molecular flexibility index (Phi) is 6.52. The van der Waals surface area contributed by atoms with E-state index in [1.807, 2.05) is 0 Å². The lowest BCUT2D eigenvalue weighted by Gasteiger charge is -2.32. The summed E-state index contributed by atoms with van der Waals surface area (Å²) in [5.41, 5.74) is 0.335. The number of ether oxygens (including phenoxy) is 1. The van der Waals surface area contributed by atoms with Crippen LogP contribution in [0.1, 0.15) is 51.9 Å². The van der Waals surface area contributed by atoms with Gasteiger partial charge in [0.05, 0.1) is 10.6 Å². The number of hydrogen-bond donors (Lipinski definition) is 1. The van der Waals surface area contributed by atoms with Gasteiger partial charge in [0.25, 0.3) is 5.91 Å². The summed E-state index contributed by atoms with van der Waals surface area (Å²) in [6.45, 7) is 2.91. The molecule has 8 nitrogen and oxygen atoms in total. The van der Waals surface area contributed by atoms with E-state index in [0.717, 1.165) is 44.9 Å². The Balaban J connectivity index is 1.52. The van der Waals surface area contributed by atoms with Crippen molar-refractivity contribution in [1.29, 1.82) is 0 Å². The number of carbonyl (C=O) groups excluding carboxylic acids is 2. The first-order valence-electron chi connectivity index (χ1n) is 11.2. The number of nitrogens with one attached hydrogen (secondary N) is 1. The molecule has 1 saturated heterocycles. The summed E-state index contributed by atoms with van der Waals surface area (Å²) in [5.74, 6) is 0.509. The maximum atomic E-state index is 13.1. The Morgan fingerprint density at radius 3 is 2.55 bits per heavy atom. The second-order valence-corrected chi connectivity index (χ2v) is 10.8. The number of benzene rings is 1. The highest BCUT2D eigenvalue weighted by atomic mass is 32.2. The van der Waals surface area contributed by atoms with Crippen molar-refractivity contribution in [3.63, 3.8) is 0 Å². The van der Waals surface area contributed by atoms with E-state index in [4.69, 9.17) is 4.74 Å². The van der Waals surface area contributed by atoms with Crippen molar-refractivity contribution < 1.29 is 22.7 Å². The minimum atomic E-state index is -3.65. The monoisotopic (exact) mass is 449 g/mol. The summed E-state index contributed by atoms with van der Waals surface area (Å²) in [6, 6.07) is 4.68. The number of fused-ring (bicyclic) bond motifs is 1. The molecular weight excluding hydrogens is 418 g/mol. The molecule has 1 aliphatic carbocycles. The number of hydrogen-bond acceptors (Lipinski definition) is 5. The fourth-order valence-electron chi connectivity index (χ4n) is 4.59. The van der Waals surface area contributed by atoms with Crippen molar-refractivity contribution in [2.75, 3.05) is 31.1 Å². The Hall–Kier alpha value is -2.13. The molecule has 1 N–H and O–H groups in total. The second-order valence-electron chi connectivity index (χ2n) is 8.89. The summed E-state index contributed by atoms with van der Waals surface area (Å²) in [6.07, 6.45) is 6.78. The molecule has 0 bridgehead atoms. The summed E-state index contributed by atoms with van der Waals surface area (Å²) in [7, 11) is -3.65. The third-order valence-corrected chi connectivity index (χ3v) is 8.40. The lowest BCUT2D eigenvalue weighted by atomic mass is 9.87. The molecule has 31 heavy (non-hydrogen) atoms. The molecule has 1 saturated carbocycles. The smallest absolute Gasteiger partial charge is 0.265 e. The van der Waals surface area contributed by atoms with E-state index < -0.39 is 10.0 Å². The van der Waals surface area contributed by atoms with Crippen LogP contribution >= 0.6 is 0 Å². The van der Waals surface area contributed by atoms with Crippen LogP contribution in [0.3, 0.4) is 0 Å². The van der Waals surface area contributed by atoms with E-state index in [9.17, 15) is 18.0 Å². The van der Waals surface area contributed by atoms with Gasteiger partial charge in [-0.25, -0.2) is 8.42 Å². The molecule has 0 atom stereocenters. The summed E-state index contributed by atoms with van der Waals surface area (Å²) in [4.78, 5) is 26.7. The SMILES string of the molecule is CC1CCC(NC(=O)CN2C(=O)COc3ccc(S(=O)(=O)N4CCCCC4)cc32)CC1. The second kappa shape index (κ2) is 9.16. The third-order valence-electron chi connectivity index (χ3n) is 6.51. The lowest BCUT2D eigenvalue weighted by molar-refractivity contribution is -0.125. The average Bonchev–Trinajstić information content (AvgIpc) is 2.77. The zero-order valence-electron chi connectivity index (χ0n) is 18.0. The van der Waals surface area contributed by atoms with E-state index in [1.54, 1.807) is 6.07 Å². The van der Waals surface area contributed by atoms with Gasteiger partial charge in [0.2, 0.25) is 15.9 Å². The zero-order valence-corrected chi connectivity index (χ0v) is 18.8. The largest absolute Gasteiger partial charge is 0.482 e. The van der Waals surface area contributed by atoms with Crippen LogP contribution in [0.4, 0.5) is 5.69 Å². The first kappa shape index (κ1) is 22.1. The van der Waals surface area contributed by atoms with Crippen molar-refractivity contribution in [2.24, 2.45) is 5.92 Å². The van der Waals surface area contributed by atoms with Gasteiger partial charge in [0.1, 0.15) is 12.3 Å². The lowest BCUT2D eigenvalue weighted by Crippen LogP contribution is -2.48. The van der Waals surface area contributed by atoms with E-state index in [-0.39, 0.29) is 35.9 Å². The van der Waals surface area contributed by atoms with Crippen LogP contribution in [0.2, 0.25) is 0 Å². The zero-order chi connectivity index (χ0) is 22.0. The molecule has 2 heterocycles. The van der Waals surface area contributed by atoms with Gasteiger partial charge in [-0.2, -0.15) is 4.31 Å². The van der Waals surface area contributed by atoms with Crippen molar-refractivity contribution in [2.45, 2.75) is 62.8 Å². The molecule has 2 aliphatic heterocycles. The third kappa shape index (κ3) is 4.87. The van der Waals surface area contributed by atoms with Gasteiger partial charge in [-0.3, -0.25) is 14.5 Å². The topological polar surface area (TPSA) is 96.0 Å². The molecule has 9 heteroatoms. The molecule has 2 fully saturated rings. The van der Waals surface area contributed by atoms with E-state index in [0.29, 0.717) is 30.4 Å². The Bertz CT molecular complexity index is 934. The quantitative estimate of drug-likeness (QED) is 0.744. The highest BCUT2D eigenvalue weighted by Crippen LogP contribution is 2.35. The van der Waals surface area contributed by atoms with Gasteiger partial charge in [0, 0.05) is 19.1 Å². The first-order chi connectivity index (χ1) is 14.8. The van der Waals surface area contributed by atoms with Crippen molar-refractivity contribution in [1.82, 2.24) is 9.62 Å². The Labute approximate surface area is 184 Å². The van der Waals surface area contributed by atoms with Crippen LogP contribution in [0.5, 0.6) is 5.75 Å². The number of amides is 2. The molecule has 2 amide bonds. The normalized spacial score (nSPS) is 24.9. The van der Waals surface area contributed by atoms with Crippen molar-refractivity contribution in [3.8, 4) is 5.75 Å². The summed E-state index contributed by atoms with van der Waals surface area (Å²) < 4.78 is 33.1. The molecule has 0 spiro atoms. The predicted molar refractivity (Wildman–Crippen MR) is 116 cm³/mol. The summed E-state index contributed by atoms with van der Waals surface area (Å²) >= 11 is 0. The van der Waals surface area contributed by atoms with Crippen LogP contribution < -0.4 is 15.0 Å². The maximum Gasteiger partial charge on any atom is 0.265 e. The van der Waals surface area contributed by atoms with Gasteiger partial charge < -0.3 is 10.1 Å². The van der Waals surface area contributed by atoms with Crippen LogP contribution in [0.15, 0.2) is 23.1 Å². The van der Waals surface area contributed by atoms with E-state index in [2.05, 4.69) is 12.2 Å². The van der Waals surface area contributed by atoms with E-state index >= 15 is 0 Å². The van der Waals surface area contributed by atoms with Crippen LogP contribution in [0.25, 0.3) is 0 Å². The fraction of sp³-hybridized carbons (Fsp3) is 0.636. The average molecular weight is 450 g/mol. The highest BCUT2D eigenvalue weighted by molar-refractivity contribution is 7.89.